The van der Waals surface area contributed by atoms with Gasteiger partial charge in [0.25, 0.3) is 0 Å². The second-order valence-electron chi connectivity index (χ2n) is 20.0. The zero-order chi connectivity index (χ0) is 56.6. The summed E-state index contributed by atoms with van der Waals surface area (Å²) >= 11 is 1.57. The van der Waals surface area contributed by atoms with E-state index >= 15 is 0 Å². The number of nitrogens with zero attached hydrogens (tertiary/aromatic N) is 2. The number of thiazole rings is 1. The van der Waals surface area contributed by atoms with Crippen LogP contribution in [0, 0.1) is 12.3 Å². The summed E-state index contributed by atoms with van der Waals surface area (Å²) < 4.78 is 33.7. The van der Waals surface area contributed by atoms with E-state index in [0.29, 0.717) is 58.5 Å². The minimum Gasteiger partial charge on any atom is -0.508 e. The van der Waals surface area contributed by atoms with Crippen molar-refractivity contribution in [3.8, 4) is 27.7 Å². The van der Waals surface area contributed by atoms with Crippen molar-refractivity contribution < 1.29 is 62.9 Å². The Morgan fingerprint density at radius 2 is 1.20 bits per heavy atom. The molecule has 1 fully saturated rings. The first-order valence-electron chi connectivity index (χ1n) is 26.9. The predicted molar refractivity (Wildman–Crippen MR) is 302 cm³/mol. The quantitative estimate of drug-likeness (QED) is 0.0187. The van der Waals surface area contributed by atoms with Gasteiger partial charge < -0.3 is 64.6 Å². The van der Waals surface area contributed by atoms with Crippen molar-refractivity contribution >= 4 is 46.1 Å². The first-order valence-corrected chi connectivity index (χ1v) is 27.7. The molecule has 4 amide bonds. The Balaban J connectivity index is 0.749. The Kier molecular flexibility index (Phi) is 24.7. The van der Waals surface area contributed by atoms with Crippen molar-refractivity contribution in [2.75, 3.05) is 85.8 Å². The van der Waals surface area contributed by atoms with Crippen molar-refractivity contribution in [2.45, 2.75) is 85.0 Å². The van der Waals surface area contributed by atoms with E-state index < -0.39 is 29.5 Å². The zero-order valence-electron chi connectivity index (χ0n) is 46.0. The molecule has 5 aromatic rings. The van der Waals surface area contributed by atoms with Gasteiger partial charge in [-0.1, -0.05) is 88.4 Å². The zero-order valence-corrected chi connectivity index (χ0v) is 46.8. The highest BCUT2D eigenvalue weighted by molar-refractivity contribution is 7.13. The predicted octanol–water partition coefficient (Wildman–Crippen LogP) is 7.07. The van der Waals surface area contributed by atoms with Crippen molar-refractivity contribution in [3.63, 3.8) is 0 Å². The normalized spacial score (nSPS) is 15.1. The Labute approximate surface area is 467 Å². The lowest BCUT2D eigenvalue weighted by molar-refractivity contribution is -0.144. The molecule has 0 aliphatic carbocycles. The van der Waals surface area contributed by atoms with Gasteiger partial charge in [-0.2, -0.15) is 0 Å². The number of aliphatic hydroxyl groups excluding tert-OH is 1. The molecule has 1 aliphatic rings. The van der Waals surface area contributed by atoms with E-state index in [2.05, 4.69) is 27.9 Å². The number of aromatic hydroxyl groups is 2. The lowest BCUT2D eigenvalue weighted by Crippen LogP contribution is -2.57. The van der Waals surface area contributed by atoms with Crippen LogP contribution in [0.4, 0.5) is 0 Å². The number of hydrogen-bond acceptors (Lipinski definition) is 15. The minimum absolute atomic E-state index is 0.0126. The number of phenols is 2. The first kappa shape index (κ1) is 61.5. The van der Waals surface area contributed by atoms with Crippen LogP contribution >= 0.6 is 11.3 Å². The van der Waals surface area contributed by atoms with Crippen molar-refractivity contribution in [1.29, 1.82) is 0 Å². The highest BCUT2D eigenvalue weighted by Crippen LogP contribution is 2.36. The van der Waals surface area contributed by atoms with Gasteiger partial charge in [0.2, 0.25) is 23.6 Å². The summed E-state index contributed by atoms with van der Waals surface area (Å²) in [6, 6.07) is 28.0. The SMILES string of the molecule is CCC(=C(c1ccc(O)cc1)c1ccc(OCCNC(=O)CCOCCOCCOCCOCCOCCC(=O)N[C@H](C(=O)N2C[C@H](O)C[C@H]2C(=O)NCc2ccc(-c3scnc3C)cc2)C(C)(C)C)cc1)c1ccc(O)cc1. The van der Waals surface area contributed by atoms with Gasteiger partial charge in [-0.15, -0.1) is 11.3 Å². The summed E-state index contributed by atoms with van der Waals surface area (Å²) in [5.41, 5.74) is 9.04. The number of amides is 4. The van der Waals surface area contributed by atoms with Crippen LogP contribution in [0.2, 0.25) is 0 Å². The topological polar surface area (TPSA) is 237 Å². The van der Waals surface area contributed by atoms with Crippen LogP contribution < -0.4 is 20.7 Å². The highest BCUT2D eigenvalue weighted by Gasteiger charge is 2.44. The molecule has 19 heteroatoms. The second kappa shape index (κ2) is 31.8. The molecule has 0 saturated carbocycles. The fraction of sp³-hybridized carbons (Fsp3) is 0.450. The number of aryl methyl sites for hydroxylation is 1. The molecule has 0 unspecified atom stereocenters. The molecule has 18 nitrogen and oxygen atoms in total. The number of allylic oxidation sites excluding steroid dienone is 1. The summed E-state index contributed by atoms with van der Waals surface area (Å²) in [4.78, 5) is 59.5. The average Bonchev–Trinajstić information content (AvgIpc) is 4.13. The highest BCUT2D eigenvalue weighted by atomic mass is 32.1. The van der Waals surface area contributed by atoms with Gasteiger partial charge in [-0.3, -0.25) is 19.2 Å². The fourth-order valence-electron chi connectivity index (χ4n) is 8.82. The van der Waals surface area contributed by atoms with Crippen molar-refractivity contribution in [3.05, 3.63) is 131 Å². The number of aliphatic hydroxyl groups is 1. The molecule has 0 bridgehead atoms. The minimum atomic E-state index is -0.938. The number of β-amino-alcohol motifs (C(OH)–C–C–N with tert-alkyl or cyclic N) is 1. The van der Waals surface area contributed by atoms with Gasteiger partial charge in [-0.25, -0.2) is 4.98 Å². The molecule has 2 heterocycles. The Morgan fingerprint density at radius 1 is 0.684 bits per heavy atom. The molecule has 6 rings (SSSR count). The molecule has 3 atom stereocenters. The van der Waals surface area contributed by atoms with E-state index in [4.69, 9.17) is 28.4 Å². The third kappa shape index (κ3) is 19.9. The maximum Gasteiger partial charge on any atom is 0.246 e. The number of likely N-dealkylation sites (tertiary alicyclic amines) is 1. The van der Waals surface area contributed by atoms with Crippen LogP contribution in [-0.2, 0) is 49.4 Å². The van der Waals surface area contributed by atoms with E-state index in [1.165, 1.54) is 4.90 Å². The maximum absolute atomic E-state index is 13.9. The number of rotatable bonds is 32. The van der Waals surface area contributed by atoms with Gasteiger partial charge in [0, 0.05) is 32.4 Å². The van der Waals surface area contributed by atoms with Crippen LogP contribution in [0.15, 0.2) is 103 Å². The third-order valence-electron chi connectivity index (χ3n) is 13.0. The van der Waals surface area contributed by atoms with Gasteiger partial charge in [0.1, 0.15) is 35.9 Å². The summed E-state index contributed by atoms with van der Waals surface area (Å²) in [5.74, 6) is -0.275. The van der Waals surface area contributed by atoms with Crippen molar-refractivity contribution in [1.82, 2.24) is 25.8 Å². The van der Waals surface area contributed by atoms with Crippen LogP contribution in [0.5, 0.6) is 17.2 Å². The molecule has 79 heavy (non-hydrogen) atoms. The molecule has 1 saturated heterocycles. The number of phenolic OH excluding ortho intramolecular Hbond substituents is 2. The molecule has 1 aromatic heterocycles. The van der Waals surface area contributed by atoms with E-state index in [0.717, 1.165) is 56.0 Å². The van der Waals surface area contributed by atoms with Gasteiger partial charge in [0.15, 0.2) is 0 Å². The number of benzene rings is 4. The Bertz CT molecular complexity index is 2710. The monoisotopic (exact) mass is 1110 g/mol. The van der Waals surface area contributed by atoms with E-state index in [9.17, 15) is 34.5 Å². The number of carbonyl (C=O) groups excluding carboxylic acids is 4. The van der Waals surface area contributed by atoms with Gasteiger partial charge >= 0.3 is 0 Å². The van der Waals surface area contributed by atoms with E-state index in [1.807, 2.05) is 106 Å². The largest absolute Gasteiger partial charge is 0.508 e. The first-order chi connectivity index (χ1) is 38.1. The summed E-state index contributed by atoms with van der Waals surface area (Å²) in [7, 11) is 0. The second-order valence-corrected chi connectivity index (χ2v) is 20.9. The molecular weight excluding hydrogens is 1030 g/mol. The van der Waals surface area contributed by atoms with Crippen LogP contribution in [-0.4, -0.2) is 153 Å². The number of nitrogens with one attached hydrogen (secondary N) is 3. The summed E-state index contributed by atoms with van der Waals surface area (Å²) in [6.45, 7) is 13.5. The number of aromatic nitrogens is 1. The Morgan fingerprint density at radius 3 is 1.72 bits per heavy atom. The number of carbonyl (C=O) groups is 4. The lowest BCUT2D eigenvalue weighted by Gasteiger charge is -2.35. The van der Waals surface area contributed by atoms with E-state index in [-0.39, 0.29) is 88.0 Å². The Hall–Kier alpha value is -6.71. The van der Waals surface area contributed by atoms with E-state index in [1.54, 1.807) is 35.6 Å². The number of ether oxygens (including phenoxy) is 6. The van der Waals surface area contributed by atoms with Crippen LogP contribution in [0.1, 0.15) is 81.3 Å². The lowest BCUT2D eigenvalue weighted by atomic mass is 9.85. The summed E-state index contributed by atoms with van der Waals surface area (Å²) in [6.07, 6.45) is 0.188. The molecule has 0 spiro atoms. The molecule has 426 valence electrons. The third-order valence-corrected chi connectivity index (χ3v) is 14.0. The van der Waals surface area contributed by atoms with Crippen molar-refractivity contribution in [2.24, 2.45) is 5.41 Å². The van der Waals surface area contributed by atoms with Crippen LogP contribution in [0.25, 0.3) is 21.6 Å². The molecule has 6 N–H and O–H groups in total. The smallest absolute Gasteiger partial charge is 0.246 e. The molecule has 4 aromatic carbocycles. The average molecular weight is 1110 g/mol. The van der Waals surface area contributed by atoms with Gasteiger partial charge in [0.05, 0.1) is 94.8 Å². The van der Waals surface area contributed by atoms with Gasteiger partial charge in [-0.05, 0) is 94.1 Å². The standard InChI is InChI=1S/C60H77N5O13S/c1-6-51(43-11-17-47(66)18-12-43)55(44-13-19-48(67)20-14-44)45-15-21-50(22-16-45)78-28-25-61-53(69)23-26-73-29-31-75-33-35-77-36-34-76-32-30-74-27-24-54(70)64-57(60(3,4)5)59(72)65-39-49(68)37-52(65)58(71)62-38-42-7-9-46(10-8-42)56-41(2)63-40-79-56/h7-22,40,49,52,57,66-68H,6,23-39H2,1-5H3,(H,61,69)(H,62,71)(H,64,70)/t49-,52+,57-/m1/s1. The molecule has 1 aliphatic heterocycles. The number of hydrogen-bond donors (Lipinski definition) is 6. The molecular formula is C60H77N5O13S. The van der Waals surface area contributed by atoms with Crippen LogP contribution in [0.3, 0.4) is 0 Å². The maximum atomic E-state index is 13.9. The molecule has 0 radical (unpaired) electrons. The summed E-state index contributed by atoms with van der Waals surface area (Å²) in [5, 5.41) is 39.0. The fourth-order valence-corrected chi connectivity index (χ4v) is 9.63.